The number of hydrogen-bond acceptors (Lipinski definition) is 2. The highest BCUT2D eigenvalue weighted by molar-refractivity contribution is 6.66. The largest absolute Gasteiger partial charge is 0.420 e. The number of aryl methyl sites for hydroxylation is 5. The lowest BCUT2D eigenvalue weighted by Gasteiger charge is -2.37. The first kappa shape index (κ1) is 20.5. The standard InChI is InChI=1S/C28H32BNO/c1-19-13-20(2)16-24(15-19)28(25-17-21(3)14-22(4)18-25)27-11-8-12-30(27)29(31-28)26-10-7-6-9-23(26)5/h6-7,9-10,13-18,27H,8,11-12H2,1-5H3/t27-/m0/s1. The van der Waals surface area contributed by atoms with Gasteiger partial charge < -0.3 is 9.47 Å². The first-order chi connectivity index (χ1) is 14.9. The summed E-state index contributed by atoms with van der Waals surface area (Å²) in [5.41, 5.74) is 9.91. The van der Waals surface area contributed by atoms with Crippen LogP contribution < -0.4 is 5.46 Å². The van der Waals surface area contributed by atoms with E-state index < -0.39 is 5.60 Å². The van der Waals surface area contributed by atoms with Crippen LogP contribution in [0.25, 0.3) is 0 Å². The van der Waals surface area contributed by atoms with E-state index in [1.165, 1.54) is 50.8 Å². The van der Waals surface area contributed by atoms with Gasteiger partial charge >= 0.3 is 7.05 Å². The number of nitrogens with zero attached hydrogens (tertiary/aromatic N) is 1. The Labute approximate surface area is 187 Å². The Bertz CT molecular complexity index is 1050. The minimum absolute atomic E-state index is 0.0182. The van der Waals surface area contributed by atoms with E-state index in [0.717, 1.165) is 13.0 Å². The fraction of sp³-hybridized carbons (Fsp3) is 0.357. The Morgan fingerprint density at radius 3 is 1.90 bits per heavy atom. The van der Waals surface area contributed by atoms with Gasteiger partial charge in [0.2, 0.25) is 0 Å². The molecule has 0 N–H and O–H groups in total. The molecule has 2 fully saturated rings. The number of fused-ring (bicyclic) bond motifs is 1. The predicted octanol–water partition coefficient (Wildman–Crippen LogP) is 5.36. The van der Waals surface area contributed by atoms with Gasteiger partial charge in [-0.3, -0.25) is 0 Å². The maximum Gasteiger partial charge on any atom is 0.420 e. The third-order valence-electron chi connectivity index (χ3n) is 7.12. The lowest BCUT2D eigenvalue weighted by Crippen LogP contribution is -2.46. The van der Waals surface area contributed by atoms with Crippen LogP contribution in [0.1, 0.15) is 51.8 Å². The van der Waals surface area contributed by atoms with Crippen LogP contribution in [-0.4, -0.2) is 24.4 Å². The maximum atomic E-state index is 7.30. The zero-order valence-corrected chi connectivity index (χ0v) is 19.4. The molecular formula is C28H32BNO. The van der Waals surface area contributed by atoms with Crippen molar-refractivity contribution in [3.05, 3.63) is 99.6 Å². The van der Waals surface area contributed by atoms with Gasteiger partial charge in [0.15, 0.2) is 0 Å². The molecule has 2 heterocycles. The monoisotopic (exact) mass is 409 g/mol. The van der Waals surface area contributed by atoms with Crippen LogP contribution in [0.3, 0.4) is 0 Å². The van der Waals surface area contributed by atoms with Crippen LogP contribution in [-0.2, 0) is 10.3 Å². The first-order valence-corrected chi connectivity index (χ1v) is 11.5. The zero-order valence-electron chi connectivity index (χ0n) is 19.4. The van der Waals surface area contributed by atoms with Crippen LogP contribution in [0, 0.1) is 34.6 Å². The van der Waals surface area contributed by atoms with Crippen LogP contribution in [0.4, 0.5) is 0 Å². The Hall–Kier alpha value is -2.36. The highest BCUT2D eigenvalue weighted by Gasteiger charge is 2.59. The molecule has 5 rings (SSSR count). The normalized spacial score (nSPS) is 20.3. The molecule has 3 heteroatoms. The van der Waals surface area contributed by atoms with Crippen molar-refractivity contribution in [2.75, 3.05) is 6.54 Å². The molecule has 0 aromatic heterocycles. The SMILES string of the molecule is Cc1cc(C)cc(C2(c3cc(C)cc(C)c3)OB(c3ccccc3C)N3CCC[C@H]32)c1. The Morgan fingerprint density at radius 2 is 1.35 bits per heavy atom. The van der Waals surface area contributed by atoms with Crippen LogP contribution >= 0.6 is 0 Å². The molecule has 3 aromatic carbocycles. The molecule has 158 valence electrons. The molecule has 3 aromatic rings. The van der Waals surface area contributed by atoms with Crippen LogP contribution in [0.2, 0.25) is 0 Å². The molecular weight excluding hydrogens is 377 g/mol. The molecule has 2 aliphatic rings. The molecule has 2 nitrogen and oxygen atoms in total. The van der Waals surface area contributed by atoms with E-state index in [9.17, 15) is 0 Å². The van der Waals surface area contributed by atoms with Gasteiger partial charge in [0, 0.05) is 6.04 Å². The second-order valence-electron chi connectivity index (χ2n) is 9.71. The summed E-state index contributed by atoms with van der Waals surface area (Å²) < 4.78 is 7.30. The molecule has 0 bridgehead atoms. The third-order valence-corrected chi connectivity index (χ3v) is 7.12. The van der Waals surface area contributed by atoms with E-state index in [0.29, 0.717) is 6.04 Å². The van der Waals surface area contributed by atoms with Crippen molar-refractivity contribution in [2.24, 2.45) is 0 Å². The molecule has 31 heavy (non-hydrogen) atoms. The summed E-state index contributed by atoms with van der Waals surface area (Å²) >= 11 is 0. The fourth-order valence-corrected chi connectivity index (χ4v) is 6.00. The molecule has 0 aliphatic carbocycles. The van der Waals surface area contributed by atoms with Crippen molar-refractivity contribution in [1.82, 2.24) is 4.81 Å². The molecule has 0 spiro atoms. The summed E-state index contributed by atoms with van der Waals surface area (Å²) in [5, 5.41) is 0. The number of benzene rings is 3. The van der Waals surface area contributed by atoms with Gasteiger partial charge in [0.25, 0.3) is 0 Å². The van der Waals surface area contributed by atoms with Crippen LogP contribution in [0.15, 0.2) is 60.7 Å². The van der Waals surface area contributed by atoms with Gasteiger partial charge in [-0.25, -0.2) is 0 Å². The van der Waals surface area contributed by atoms with E-state index in [1.54, 1.807) is 0 Å². The zero-order chi connectivity index (χ0) is 21.8. The second-order valence-corrected chi connectivity index (χ2v) is 9.71. The van der Waals surface area contributed by atoms with Gasteiger partial charge in [0.1, 0.15) is 5.60 Å². The summed E-state index contributed by atoms with van der Waals surface area (Å²) in [4.78, 5) is 2.62. The van der Waals surface area contributed by atoms with Crippen LogP contribution in [0.5, 0.6) is 0 Å². The molecule has 0 saturated carbocycles. The summed E-state index contributed by atoms with van der Waals surface area (Å²) in [7, 11) is -0.0182. The van der Waals surface area contributed by atoms with E-state index in [4.69, 9.17) is 4.65 Å². The van der Waals surface area contributed by atoms with Crippen molar-refractivity contribution in [1.29, 1.82) is 0 Å². The second kappa shape index (κ2) is 7.65. The molecule has 0 amide bonds. The summed E-state index contributed by atoms with van der Waals surface area (Å²) in [6.45, 7) is 12.1. The van der Waals surface area contributed by atoms with E-state index in [-0.39, 0.29) is 7.05 Å². The molecule has 0 unspecified atom stereocenters. The van der Waals surface area contributed by atoms with Gasteiger partial charge in [0.05, 0.1) is 0 Å². The average molecular weight is 409 g/mol. The van der Waals surface area contributed by atoms with Crippen molar-refractivity contribution in [3.8, 4) is 0 Å². The smallest absolute Gasteiger partial charge is 0.402 e. The third kappa shape index (κ3) is 3.35. The van der Waals surface area contributed by atoms with Gasteiger partial charge in [-0.15, -0.1) is 0 Å². The lowest BCUT2D eigenvalue weighted by molar-refractivity contribution is 0.106. The summed E-state index contributed by atoms with van der Waals surface area (Å²) in [5.74, 6) is 0. The van der Waals surface area contributed by atoms with Gasteiger partial charge in [-0.05, 0) is 70.6 Å². The topological polar surface area (TPSA) is 12.5 Å². The Kier molecular flexibility index (Phi) is 5.07. The van der Waals surface area contributed by atoms with Gasteiger partial charge in [-0.2, -0.15) is 0 Å². The average Bonchev–Trinajstić information content (AvgIpc) is 3.29. The quantitative estimate of drug-likeness (QED) is 0.540. The summed E-state index contributed by atoms with van der Waals surface area (Å²) in [6.07, 6.45) is 2.37. The highest BCUT2D eigenvalue weighted by atomic mass is 16.5. The lowest BCUT2D eigenvalue weighted by atomic mass is 9.70. The number of hydrogen-bond donors (Lipinski definition) is 0. The Morgan fingerprint density at radius 1 is 0.806 bits per heavy atom. The summed E-state index contributed by atoms with van der Waals surface area (Å²) in [6, 6.07) is 23.0. The minimum Gasteiger partial charge on any atom is -0.402 e. The number of rotatable bonds is 3. The molecule has 2 saturated heterocycles. The molecule has 0 radical (unpaired) electrons. The maximum absolute atomic E-state index is 7.30. The molecule has 1 atom stereocenters. The van der Waals surface area contributed by atoms with Crippen molar-refractivity contribution in [2.45, 2.75) is 59.1 Å². The van der Waals surface area contributed by atoms with E-state index >= 15 is 0 Å². The van der Waals surface area contributed by atoms with Crippen molar-refractivity contribution >= 4 is 12.5 Å². The fourth-order valence-electron chi connectivity index (χ4n) is 6.00. The van der Waals surface area contributed by atoms with Crippen molar-refractivity contribution in [3.63, 3.8) is 0 Å². The predicted molar refractivity (Wildman–Crippen MR) is 130 cm³/mol. The first-order valence-electron chi connectivity index (χ1n) is 11.5. The Balaban J connectivity index is 1.77. The van der Waals surface area contributed by atoms with E-state index in [1.807, 2.05) is 0 Å². The highest BCUT2D eigenvalue weighted by Crippen LogP contribution is 2.49. The van der Waals surface area contributed by atoms with Gasteiger partial charge in [-0.1, -0.05) is 88.5 Å². The minimum atomic E-state index is -0.461. The molecule has 2 aliphatic heterocycles. The van der Waals surface area contributed by atoms with E-state index in [2.05, 4.69) is 100 Å². The van der Waals surface area contributed by atoms with Crippen molar-refractivity contribution < 1.29 is 4.65 Å².